The minimum Gasteiger partial charge on any atom is -0.318 e. The summed E-state index contributed by atoms with van der Waals surface area (Å²) in [4.78, 5) is 33.8. The average Bonchev–Trinajstić information content (AvgIpc) is 2.41. The smallest absolute Gasteiger partial charge is 0.317 e. The zero-order chi connectivity index (χ0) is 13.4. The van der Waals surface area contributed by atoms with Gasteiger partial charge in [-0.15, -0.1) is 0 Å². The molecule has 0 aliphatic heterocycles. The molecule has 0 bridgehead atoms. The number of hydrogen-bond donors (Lipinski definition) is 1. The van der Waals surface area contributed by atoms with Gasteiger partial charge in [0.25, 0.3) is 5.56 Å². The molecule has 0 unspecified atom stereocenters. The third kappa shape index (κ3) is 1.73. The summed E-state index contributed by atoms with van der Waals surface area (Å²) in [6, 6.07) is 2.24. The minimum atomic E-state index is -1.65. The van der Waals surface area contributed by atoms with Crippen LogP contribution in [0, 0.1) is 21.7 Å². The number of H-pyrrole nitrogens is 1. The van der Waals surface area contributed by atoms with Crippen LogP contribution in [-0.4, -0.2) is 9.91 Å². The SMILES string of the molecule is O=c1ccc2c([N+](=O)[O-])c(F)c(F)cc2[nH]c1=O. The van der Waals surface area contributed by atoms with Crippen LogP contribution in [0.5, 0.6) is 0 Å². The van der Waals surface area contributed by atoms with Crippen molar-refractivity contribution in [2.45, 2.75) is 0 Å². The van der Waals surface area contributed by atoms with E-state index in [4.69, 9.17) is 0 Å². The molecule has 0 amide bonds. The minimum absolute atomic E-state index is 0.326. The summed E-state index contributed by atoms with van der Waals surface area (Å²) in [5.74, 6) is -3.13. The lowest BCUT2D eigenvalue weighted by Crippen LogP contribution is -2.22. The van der Waals surface area contributed by atoms with Crippen LogP contribution in [0.25, 0.3) is 10.9 Å². The van der Waals surface area contributed by atoms with Gasteiger partial charge in [0.2, 0.25) is 11.2 Å². The molecular weight excluding hydrogens is 250 g/mol. The molecule has 1 heterocycles. The Bertz CT molecular complexity index is 785. The molecule has 1 N–H and O–H groups in total. The maximum absolute atomic E-state index is 13.3. The second kappa shape index (κ2) is 3.99. The first-order chi connectivity index (χ1) is 8.41. The van der Waals surface area contributed by atoms with E-state index in [-0.39, 0.29) is 10.9 Å². The van der Waals surface area contributed by atoms with Crippen LogP contribution < -0.4 is 11.0 Å². The van der Waals surface area contributed by atoms with Gasteiger partial charge in [0.15, 0.2) is 5.82 Å². The fraction of sp³-hybridized carbons (Fsp3) is 0. The fourth-order valence-corrected chi connectivity index (χ4v) is 1.50. The number of nitro groups is 1. The van der Waals surface area contributed by atoms with Crippen molar-refractivity contribution in [2.75, 3.05) is 0 Å². The van der Waals surface area contributed by atoms with E-state index >= 15 is 0 Å². The Morgan fingerprint density at radius 1 is 1.22 bits per heavy atom. The molecule has 1 aromatic heterocycles. The Morgan fingerprint density at radius 3 is 2.50 bits per heavy atom. The number of aromatic nitrogens is 1. The molecule has 8 heteroatoms. The first-order valence-corrected chi connectivity index (χ1v) is 4.61. The number of nitrogens with one attached hydrogen (secondary N) is 1. The van der Waals surface area contributed by atoms with Crippen molar-refractivity contribution in [2.24, 2.45) is 0 Å². The van der Waals surface area contributed by atoms with Crippen molar-refractivity contribution in [1.29, 1.82) is 0 Å². The van der Waals surface area contributed by atoms with Crippen LogP contribution in [0.4, 0.5) is 14.5 Å². The quantitative estimate of drug-likeness (QED) is 0.468. The lowest BCUT2D eigenvalue weighted by molar-refractivity contribution is -0.385. The second-order valence-corrected chi connectivity index (χ2v) is 3.39. The maximum Gasteiger partial charge on any atom is 0.317 e. The van der Waals surface area contributed by atoms with Crippen molar-refractivity contribution in [3.63, 3.8) is 0 Å². The normalized spacial score (nSPS) is 10.6. The number of halogens is 2. The molecule has 0 aliphatic carbocycles. The number of nitrogens with zero attached hydrogens (tertiary/aromatic N) is 1. The standard InChI is InChI=1S/C10H4F2N2O4/c11-5-3-6-4(9(8(5)12)14(17)18)1-2-7(15)10(16)13-6/h1-3H,(H,13,15,16). The second-order valence-electron chi connectivity index (χ2n) is 3.39. The Morgan fingerprint density at radius 2 is 1.89 bits per heavy atom. The predicted molar refractivity (Wildman–Crippen MR) is 57.4 cm³/mol. The van der Waals surface area contributed by atoms with Crippen LogP contribution >= 0.6 is 0 Å². The topological polar surface area (TPSA) is 93.1 Å². The summed E-state index contributed by atoms with van der Waals surface area (Å²) in [6.07, 6.45) is 0. The predicted octanol–water partition coefficient (Wildman–Crippen LogP) is 1.07. The van der Waals surface area contributed by atoms with Gasteiger partial charge in [-0.25, -0.2) is 4.39 Å². The highest BCUT2D eigenvalue weighted by molar-refractivity contribution is 5.87. The summed E-state index contributed by atoms with van der Waals surface area (Å²) in [5, 5.41) is 10.3. The van der Waals surface area contributed by atoms with Crippen molar-refractivity contribution >= 4 is 16.6 Å². The highest BCUT2D eigenvalue weighted by Gasteiger charge is 2.23. The van der Waals surface area contributed by atoms with E-state index in [2.05, 4.69) is 0 Å². The molecule has 6 nitrogen and oxygen atoms in total. The summed E-state index contributed by atoms with van der Waals surface area (Å²) in [7, 11) is 0. The monoisotopic (exact) mass is 254 g/mol. The summed E-state index contributed by atoms with van der Waals surface area (Å²) in [5.41, 5.74) is -3.50. The van der Waals surface area contributed by atoms with Gasteiger partial charge in [-0.2, -0.15) is 4.39 Å². The molecule has 0 saturated heterocycles. The fourth-order valence-electron chi connectivity index (χ4n) is 1.50. The molecule has 0 aliphatic rings. The molecule has 0 saturated carbocycles. The van der Waals surface area contributed by atoms with E-state index in [9.17, 15) is 28.5 Å². The maximum atomic E-state index is 13.3. The highest BCUT2D eigenvalue weighted by Crippen LogP contribution is 2.28. The molecule has 0 atom stereocenters. The number of nitro benzene ring substituents is 1. The molecule has 0 spiro atoms. The lowest BCUT2D eigenvalue weighted by atomic mass is 10.2. The lowest BCUT2D eigenvalue weighted by Gasteiger charge is -1.98. The van der Waals surface area contributed by atoms with Crippen LogP contribution in [-0.2, 0) is 0 Å². The van der Waals surface area contributed by atoms with Crippen molar-refractivity contribution in [1.82, 2.24) is 4.98 Å². The van der Waals surface area contributed by atoms with E-state index in [1.165, 1.54) is 0 Å². The van der Waals surface area contributed by atoms with Gasteiger partial charge in [-0.1, -0.05) is 0 Å². The molecular formula is C10H4F2N2O4. The van der Waals surface area contributed by atoms with E-state index in [0.717, 1.165) is 12.1 Å². The average molecular weight is 254 g/mol. The number of aromatic amines is 1. The number of rotatable bonds is 1. The van der Waals surface area contributed by atoms with Gasteiger partial charge in [0.05, 0.1) is 15.8 Å². The summed E-state index contributed by atoms with van der Waals surface area (Å²) < 4.78 is 26.5. The van der Waals surface area contributed by atoms with Crippen LogP contribution in [0.2, 0.25) is 0 Å². The van der Waals surface area contributed by atoms with Crippen molar-refractivity contribution in [3.8, 4) is 0 Å². The molecule has 92 valence electrons. The largest absolute Gasteiger partial charge is 0.318 e. The van der Waals surface area contributed by atoms with Gasteiger partial charge in [0, 0.05) is 6.07 Å². The first kappa shape index (κ1) is 11.8. The third-order valence-electron chi connectivity index (χ3n) is 2.29. The Hall–Kier alpha value is -2.64. The van der Waals surface area contributed by atoms with Crippen LogP contribution in [0.3, 0.4) is 0 Å². The Balaban J connectivity index is 3.13. The molecule has 0 radical (unpaired) electrons. The summed E-state index contributed by atoms with van der Waals surface area (Å²) in [6.45, 7) is 0. The zero-order valence-electron chi connectivity index (χ0n) is 8.57. The first-order valence-electron chi connectivity index (χ1n) is 4.61. The third-order valence-corrected chi connectivity index (χ3v) is 2.29. The van der Waals surface area contributed by atoms with Gasteiger partial charge in [-0.05, 0) is 12.1 Å². The van der Waals surface area contributed by atoms with Crippen molar-refractivity contribution < 1.29 is 13.7 Å². The number of fused-ring (bicyclic) bond motifs is 1. The number of hydrogen-bond acceptors (Lipinski definition) is 4. The van der Waals surface area contributed by atoms with E-state index < -0.39 is 33.2 Å². The van der Waals surface area contributed by atoms with Gasteiger partial charge >= 0.3 is 5.69 Å². The Labute approximate surface area is 96.7 Å². The van der Waals surface area contributed by atoms with Gasteiger partial charge < -0.3 is 4.98 Å². The molecule has 18 heavy (non-hydrogen) atoms. The number of benzene rings is 1. The van der Waals surface area contributed by atoms with Crippen molar-refractivity contribution in [3.05, 3.63) is 60.5 Å². The molecule has 2 rings (SSSR count). The van der Waals surface area contributed by atoms with E-state index in [0.29, 0.717) is 6.07 Å². The van der Waals surface area contributed by atoms with Crippen LogP contribution in [0.1, 0.15) is 0 Å². The molecule has 1 aromatic carbocycles. The molecule has 0 fully saturated rings. The summed E-state index contributed by atoms with van der Waals surface area (Å²) >= 11 is 0. The Kier molecular flexibility index (Phi) is 2.62. The van der Waals surface area contributed by atoms with Gasteiger partial charge in [0.1, 0.15) is 0 Å². The van der Waals surface area contributed by atoms with E-state index in [1.807, 2.05) is 4.98 Å². The zero-order valence-corrected chi connectivity index (χ0v) is 8.57. The van der Waals surface area contributed by atoms with Crippen LogP contribution in [0.15, 0.2) is 27.8 Å². The molecule has 2 aromatic rings. The van der Waals surface area contributed by atoms with E-state index in [1.54, 1.807) is 0 Å². The van der Waals surface area contributed by atoms with Gasteiger partial charge in [-0.3, -0.25) is 19.7 Å². The highest BCUT2D eigenvalue weighted by atomic mass is 19.2.